The van der Waals surface area contributed by atoms with Gasteiger partial charge in [0.1, 0.15) is 0 Å². The zero-order valence-corrected chi connectivity index (χ0v) is 12.5. The Morgan fingerprint density at radius 3 is 2.40 bits per heavy atom. The predicted molar refractivity (Wildman–Crippen MR) is 81.0 cm³/mol. The quantitative estimate of drug-likeness (QED) is 0.615. The van der Waals surface area contributed by atoms with Gasteiger partial charge in [0.2, 0.25) is 10.0 Å². The predicted octanol–water partition coefficient (Wildman–Crippen LogP) is 1.42. The van der Waals surface area contributed by atoms with E-state index < -0.39 is 10.0 Å². The highest BCUT2D eigenvalue weighted by Crippen LogP contribution is 2.12. The number of nitrogens with one attached hydrogen (secondary N) is 1. The van der Waals surface area contributed by atoms with Crippen LogP contribution in [0.2, 0.25) is 0 Å². The lowest BCUT2D eigenvalue weighted by atomic mass is 10.1. The first-order valence-electron chi connectivity index (χ1n) is 7.15. The molecule has 0 radical (unpaired) electrons. The summed E-state index contributed by atoms with van der Waals surface area (Å²) < 4.78 is 26.7. The van der Waals surface area contributed by atoms with Crippen LogP contribution in [0.4, 0.5) is 5.69 Å². The summed E-state index contributed by atoms with van der Waals surface area (Å²) in [5, 5.41) is 0. The van der Waals surface area contributed by atoms with Crippen LogP contribution in [0.25, 0.3) is 0 Å². The average Bonchev–Trinajstić information content (AvgIpc) is 2.45. The second-order valence-electron chi connectivity index (χ2n) is 5.22. The molecular formula is C14H23N3O2S. The van der Waals surface area contributed by atoms with Crippen molar-refractivity contribution < 1.29 is 8.42 Å². The molecule has 0 bridgehead atoms. The number of piperidine rings is 1. The molecule has 1 aromatic carbocycles. The van der Waals surface area contributed by atoms with Gasteiger partial charge in [-0.3, -0.25) is 0 Å². The fourth-order valence-electron chi connectivity index (χ4n) is 2.42. The maximum absolute atomic E-state index is 12.0. The van der Waals surface area contributed by atoms with Crippen LogP contribution >= 0.6 is 0 Å². The molecule has 0 atom stereocenters. The van der Waals surface area contributed by atoms with E-state index in [1.807, 2.05) is 0 Å². The molecule has 0 aliphatic carbocycles. The van der Waals surface area contributed by atoms with Crippen molar-refractivity contribution in [1.29, 1.82) is 0 Å². The van der Waals surface area contributed by atoms with E-state index in [0.717, 1.165) is 26.1 Å². The second-order valence-corrected chi connectivity index (χ2v) is 6.99. The molecule has 1 fully saturated rings. The van der Waals surface area contributed by atoms with E-state index in [-0.39, 0.29) is 4.90 Å². The Morgan fingerprint density at radius 1 is 1.10 bits per heavy atom. The summed E-state index contributed by atoms with van der Waals surface area (Å²) in [6, 6.07) is 6.26. The van der Waals surface area contributed by atoms with E-state index in [2.05, 4.69) is 9.62 Å². The first-order chi connectivity index (χ1) is 9.58. The van der Waals surface area contributed by atoms with Crippen molar-refractivity contribution in [3.8, 4) is 0 Å². The van der Waals surface area contributed by atoms with E-state index in [1.54, 1.807) is 12.1 Å². The van der Waals surface area contributed by atoms with Crippen LogP contribution in [-0.4, -0.2) is 39.5 Å². The monoisotopic (exact) mass is 297 g/mol. The maximum Gasteiger partial charge on any atom is 0.240 e. The molecule has 3 N–H and O–H groups in total. The number of benzene rings is 1. The third kappa shape index (κ3) is 4.47. The molecule has 0 unspecified atom stereocenters. The Kier molecular flexibility index (Phi) is 5.39. The lowest BCUT2D eigenvalue weighted by Gasteiger charge is -2.26. The summed E-state index contributed by atoms with van der Waals surface area (Å²) in [6.07, 6.45) is 4.68. The van der Waals surface area contributed by atoms with Gasteiger partial charge >= 0.3 is 0 Å². The van der Waals surface area contributed by atoms with E-state index in [0.29, 0.717) is 12.2 Å². The minimum absolute atomic E-state index is 0.268. The van der Waals surface area contributed by atoms with E-state index in [9.17, 15) is 8.42 Å². The topological polar surface area (TPSA) is 75.4 Å². The fourth-order valence-corrected chi connectivity index (χ4v) is 3.50. The standard InChI is InChI=1S/C14H23N3O2S/c15-13-5-7-14(8-6-13)20(18,19)16-9-4-12-17-10-2-1-3-11-17/h5-8,16H,1-4,9-12,15H2. The molecule has 0 spiro atoms. The summed E-state index contributed by atoms with van der Waals surface area (Å²) in [7, 11) is -3.40. The number of sulfonamides is 1. The molecule has 2 rings (SSSR count). The Balaban J connectivity index is 1.76. The van der Waals surface area contributed by atoms with Crippen molar-refractivity contribution in [1.82, 2.24) is 9.62 Å². The molecule has 1 heterocycles. The zero-order valence-electron chi connectivity index (χ0n) is 11.7. The number of nitrogen functional groups attached to an aromatic ring is 1. The first-order valence-corrected chi connectivity index (χ1v) is 8.64. The Morgan fingerprint density at radius 2 is 1.75 bits per heavy atom. The van der Waals surface area contributed by atoms with Gasteiger partial charge in [-0.2, -0.15) is 0 Å². The molecule has 0 aromatic heterocycles. The molecule has 0 amide bonds. The smallest absolute Gasteiger partial charge is 0.240 e. The number of likely N-dealkylation sites (tertiary alicyclic amines) is 1. The Labute approximate surface area is 121 Å². The van der Waals surface area contributed by atoms with E-state index in [4.69, 9.17) is 5.73 Å². The van der Waals surface area contributed by atoms with Crippen molar-refractivity contribution in [2.75, 3.05) is 31.9 Å². The van der Waals surface area contributed by atoms with Gasteiger partial charge in [0.15, 0.2) is 0 Å². The van der Waals surface area contributed by atoms with Crippen LogP contribution in [0.5, 0.6) is 0 Å². The van der Waals surface area contributed by atoms with Gasteiger partial charge in [0.25, 0.3) is 0 Å². The number of nitrogens with zero attached hydrogens (tertiary/aromatic N) is 1. The lowest BCUT2D eigenvalue weighted by molar-refractivity contribution is 0.227. The van der Waals surface area contributed by atoms with Crippen molar-refractivity contribution in [2.45, 2.75) is 30.6 Å². The van der Waals surface area contributed by atoms with Crippen LogP contribution in [-0.2, 0) is 10.0 Å². The van der Waals surface area contributed by atoms with Crippen LogP contribution in [0.3, 0.4) is 0 Å². The Bertz CT molecular complexity index is 508. The van der Waals surface area contributed by atoms with Crippen LogP contribution < -0.4 is 10.5 Å². The van der Waals surface area contributed by atoms with Crippen molar-refractivity contribution >= 4 is 15.7 Å². The van der Waals surface area contributed by atoms with E-state index in [1.165, 1.54) is 31.4 Å². The molecule has 1 saturated heterocycles. The SMILES string of the molecule is Nc1ccc(S(=O)(=O)NCCCN2CCCCC2)cc1. The summed E-state index contributed by atoms with van der Waals surface area (Å²) in [4.78, 5) is 2.67. The van der Waals surface area contributed by atoms with Gasteiger partial charge in [-0.15, -0.1) is 0 Å². The van der Waals surface area contributed by atoms with Gasteiger partial charge in [-0.1, -0.05) is 6.42 Å². The zero-order chi connectivity index (χ0) is 14.4. The second kappa shape index (κ2) is 7.06. The summed E-state index contributed by atoms with van der Waals surface area (Å²) in [5.74, 6) is 0. The fraction of sp³-hybridized carbons (Fsp3) is 0.571. The first kappa shape index (κ1) is 15.3. The third-order valence-corrected chi connectivity index (χ3v) is 5.06. The highest BCUT2D eigenvalue weighted by Gasteiger charge is 2.14. The van der Waals surface area contributed by atoms with Gasteiger partial charge in [-0.05, 0) is 63.2 Å². The number of nitrogens with two attached hydrogens (primary N) is 1. The molecule has 5 nitrogen and oxygen atoms in total. The molecule has 1 aliphatic heterocycles. The molecule has 20 heavy (non-hydrogen) atoms. The van der Waals surface area contributed by atoms with Crippen molar-refractivity contribution in [2.24, 2.45) is 0 Å². The van der Waals surface area contributed by atoms with Crippen LogP contribution in [0, 0.1) is 0 Å². The molecular weight excluding hydrogens is 274 g/mol. The van der Waals surface area contributed by atoms with Crippen LogP contribution in [0.15, 0.2) is 29.2 Å². The molecule has 6 heteroatoms. The van der Waals surface area contributed by atoms with Gasteiger partial charge in [-0.25, -0.2) is 13.1 Å². The average molecular weight is 297 g/mol. The summed E-state index contributed by atoms with van der Waals surface area (Å²) >= 11 is 0. The summed E-state index contributed by atoms with van der Waals surface area (Å²) in [6.45, 7) is 3.73. The lowest BCUT2D eigenvalue weighted by Crippen LogP contribution is -2.33. The number of hydrogen-bond donors (Lipinski definition) is 2. The molecule has 1 aromatic rings. The highest BCUT2D eigenvalue weighted by molar-refractivity contribution is 7.89. The molecule has 0 saturated carbocycles. The van der Waals surface area contributed by atoms with E-state index >= 15 is 0 Å². The van der Waals surface area contributed by atoms with Gasteiger partial charge < -0.3 is 10.6 Å². The third-order valence-electron chi connectivity index (χ3n) is 3.58. The molecule has 1 aliphatic rings. The largest absolute Gasteiger partial charge is 0.399 e. The summed E-state index contributed by atoms with van der Waals surface area (Å²) in [5.41, 5.74) is 6.12. The minimum atomic E-state index is -3.40. The van der Waals surface area contributed by atoms with Gasteiger partial charge in [0.05, 0.1) is 4.90 Å². The maximum atomic E-state index is 12.0. The Hall–Kier alpha value is -1.11. The highest BCUT2D eigenvalue weighted by atomic mass is 32.2. The number of hydrogen-bond acceptors (Lipinski definition) is 4. The van der Waals surface area contributed by atoms with Gasteiger partial charge in [0, 0.05) is 12.2 Å². The molecule has 112 valence electrons. The number of rotatable bonds is 6. The van der Waals surface area contributed by atoms with Crippen LogP contribution in [0.1, 0.15) is 25.7 Å². The minimum Gasteiger partial charge on any atom is -0.399 e. The normalized spacial score (nSPS) is 17.2. The van der Waals surface area contributed by atoms with Crippen molar-refractivity contribution in [3.63, 3.8) is 0 Å². The number of anilines is 1. The van der Waals surface area contributed by atoms with Crippen molar-refractivity contribution in [3.05, 3.63) is 24.3 Å².